The number of halogens is 3. The molecule has 1 N–H and O–H groups in total. The van der Waals surface area contributed by atoms with Crippen molar-refractivity contribution in [3.05, 3.63) is 35.8 Å². The van der Waals surface area contributed by atoms with Gasteiger partial charge in [-0.15, -0.1) is 0 Å². The summed E-state index contributed by atoms with van der Waals surface area (Å²) >= 11 is 0. The van der Waals surface area contributed by atoms with Gasteiger partial charge in [-0.05, 0) is 44.0 Å². The first-order valence-corrected chi connectivity index (χ1v) is 6.28. The van der Waals surface area contributed by atoms with E-state index in [9.17, 15) is 13.2 Å². The van der Waals surface area contributed by atoms with Gasteiger partial charge in [0.25, 0.3) is 0 Å². The van der Waals surface area contributed by atoms with Crippen LogP contribution in [0.1, 0.15) is 17.7 Å². The topological polar surface area (TPSA) is 29.3 Å². The largest absolute Gasteiger partial charge is 0.417 e. The van der Waals surface area contributed by atoms with Crippen LogP contribution in [0.5, 0.6) is 0 Å². The summed E-state index contributed by atoms with van der Waals surface area (Å²) in [6, 6.07) is 2.49. The number of hydrogen-bond acceptors (Lipinski definition) is 2. The molecule has 1 atom stereocenters. The maximum Gasteiger partial charge on any atom is 0.417 e. The van der Waals surface area contributed by atoms with Gasteiger partial charge in [-0.25, -0.2) is 4.98 Å². The smallest absolute Gasteiger partial charge is 0.316 e. The van der Waals surface area contributed by atoms with E-state index in [-0.39, 0.29) is 0 Å². The summed E-state index contributed by atoms with van der Waals surface area (Å²) in [5, 5.41) is 3.27. The van der Waals surface area contributed by atoms with Crippen molar-refractivity contribution in [1.29, 1.82) is 0 Å². The molecule has 6 heteroatoms. The molecule has 1 aliphatic rings. The first-order valence-electron chi connectivity index (χ1n) is 6.28. The van der Waals surface area contributed by atoms with Crippen LogP contribution >= 0.6 is 0 Å². The number of alkyl halides is 3. The van der Waals surface area contributed by atoms with E-state index in [4.69, 9.17) is 0 Å². The molecule has 2 aromatic rings. The van der Waals surface area contributed by atoms with Crippen LogP contribution in [-0.4, -0.2) is 22.5 Å². The van der Waals surface area contributed by atoms with Gasteiger partial charge in [0.2, 0.25) is 0 Å². The monoisotopic (exact) mass is 269 g/mol. The zero-order valence-electron chi connectivity index (χ0n) is 10.2. The van der Waals surface area contributed by atoms with Gasteiger partial charge in [0.05, 0.1) is 11.3 Å². The highest BCUT2D eigenvalue weighted by Crippen LogP contribution is 2.29. The number of hydrogen-bond donors (Lipinski definition) is 1. The molecule has 0 bridgehead atoms. The van der Waals surface area contributed by atoms with Crippen molar-refractivity contribution in [2.45, 2.75) is 19.0 Å². The van der Waals surface area contributed by atoms with Crippen LogP contribution in [0.15, 0.2) is 24.5 Å². The summed E-state index contributed by atoms with van der Waals surface area (Å²) in [6.07, 6.45) is 0.396. The Morgan fingerprint density at radius 3 is 2.84 bits per heavy atom. The molecule has 0 aliphatic carbocycles. The van der Waals surface area contributed by atoms with Crippen LogP contribution < -0.4 is 5.32 Å². The Balaban J connectivity index is 1.87. The summed E-state index contributed by atoms with van der Waals surface area (Å²) in [5.41, 5.74) is 0.772. The molecule has 3 nitrogen and oxygen atoms in total. The highest BCUT2D eigenvalue weighted by molar-refractivity contribution is 5.42. The van der Waals surface area contributed by atoms with Gasteiger partial charge in [-0.2, -0.15) is 13.2 Å². The number of imidazole rings is 1. The molecule has 1 unspecified atom stereocenters. The lowest BCUT2D eigenvalue weighted by Crippen LogP contribution is -2.10. The molecule has 0 aromatic carbocycles. The number of aromatic nitrogens is 2. The molecular formula is C13H14F3N3. The second-order valence-electron chi connectivity index (χ2n) is 4.98. The Bertz CT molecular complexity index is 582. The van der Waals surface area contributed by atoms with Crippen molar-refractivity contribution in [1.82, 2.24) is 14.7 Å². The number of nitrogens with one attached hydrogen (secondary N) is 1. The fourth-order valence-corrected chi connectivity index (χ4v) is 2.49. The van der Waals surface area contributed by atoms with E-state index in [1.807, 2.05) is 0 Å². The first-order chi connectivity index (χ1) is 9.02. The van der Waals surface area contributed by atoms with Crippen LogP contribution in [0.3, 0.4) is 0 Å². The third-order valence-corrected chi connectivity index (χ3v) is 3.49. The Hall–Kier alpha value is -1.56. The van der Waals surface area contributed by atoms with Gasteiger partial charge in [-0.3, -0.25) is 0 Å². The lowest BCUT2D eigenvalue weighted by Gasteiger charge is -2.05. The fraction of sp³-hybridized carbons (Fsp3) is 0.462. The van der Waals surface area contributed by atoms with Crippen molar-refractivity contribution in [3.63, 3.8) is 0 Å². The minimum Gasteiger partial charge on any atom is -0.316 e. The summed E-state index contributed by atoms with van der Waals surface area (Å²) < 4.78 is 39.3. The zero-order valence-corrected chi connectivity index (χ0v) is 10.2. The van der Waals surface area contributed by atoms with Crippen molar-refractivity contribution < 1.29 is 13.2 Å². The molecule has 1 fully saturated rings. The Kier molecular flexibility index (Phi) is 2.97. The van der Waals surface area contributed by atoms with Crippen LogP contribution in [0.2, 0.25) is 0 Å². The van der Waals surface area contributed by atoms with E-state index in [0.717, 1.165) is 43.9 Å². The minimum atomic E-state index is -4.31. The maximum absolute atomic E-state index is 12.6. The summed E-state index contributed by atoms with van der Waals surface area (Å²) in [7, 11) is 0. The second kappa shape index (κ2) is 4.52. The van der Waals surface area contributed by atoms with Crippen molar-refractivity contribution in [2.75, 3.05) is 13.1 Å². The third-order valence-electron chi connectivity index (χ3n) is 3.49. The highest BCUT2D eigenvalue weighted by atomic mass is 19.4. The number of nitrogens with zero attached hydrogens (tertiary/aromatic N) is 2. The van der Waals surface area contributed by atoms with Gasteiger partial charge in [0, 0.05) is 12.4 Å². The lowest BCUT2D eigenvalue weighted by atomic mass is 10.0. The normalized spacial score (nSPS) is 20.3. The summed E-state index contributed by atoms with van der Waals surface area (Å²) in [4.78, 5) is 4.37. The molecule has 0 radical (unpaired) electrons. The quantitative estimate of drug-likeness (QED) is 0.907. The van der Waals surface area contributed by atoms with Gasteiger partial charge >= 0.3 is 6.18 Å². The highest BCUT2D eigenvalue weighted by Gasteiger charge is 2.30. The first kappa shape index (κ1) is 12.5. The Labute approximate surface area is 108 Å². The van der Waals surface area contributed by atoms with Crippen molar-refractivity contribution in [3.8, 4) is 0 Å². The summed E-state index contributed by atoms with van der Waals surface area (Å²) in [6.45, 7) is 1.97. The second-order valence-corrected chi connectivity index (χ2v) is 4.98. The van der Waals surface area contributed by atoms with E-state index in [0.29, 0.717) is 11.6 Å². The molecule has 0 amide bonds. The number of fused-ring (bicyclic) bond motifs is 1. The Morgan fingerprint density at radius 2 is 2.16 bits per heavy atom. The van der Waals surface area contributed by atoms with Crippen LogP contribution in [0, 0.1) is 5.92 Å². The molecule has 3 rings (SSSR count). The number of pyridine rings is 1. The average Bonchev–Trinajstić information content (AvgIpc) is 2.95. The van der Waals surface area contributed by atoms with Crippen LogP contribution in [0.4, 0.5) is 13.2 Å². The third kappa shape index (κ3) is 2.58. The van der Waals surface area contributed by atoms with E-state index >= 15 is 0 Å². The van der Waals surface area contributed by atoms with Crippen molar-refractivity contribution >= 4 is 5.65 Å². The average molecular weight is 269 g/mol. The van der Waals surface area contributed by atoms with Crippen molar-refractivity contribution in [2.24, 2.45) is 5.92 Å². The molecule has 19 heavy (non-hydrogen) atoms. The molecule has 102 valence electrons. The molecule has 2 aromatic heterocycles. The van der Waals surface area contributed by atoms with Gasteiger partial charge in [0.1, 0.15) is 5.65 Å². The predicted molar refractivity (Wildman–Crippen MR) is 64.9 cm³/mol. The van der Waals surface area contributed by atoms with Gasteiger partial charge < -0.3 is 9.72 Å². The fourth-order valence-electron chi connectivity index (χ4n) is 2.49. The van der Waals surface area contributed by atoms with Gasteiger partial charge in [-0.1, -0.05) is 0 Å². The Morgan fingerprint density at radius 1 is 1.32 bits per heavy atom. The van der Waals surface area contributed by atoms with E-state index in [2.05, 4.69) is 10.3 Å². The number of rotatable bonds is 2. The SMILES string of the molecule is FC(F)(F)c1ccc2nc(CC3CCNC3)cn2c1. The maximum atomic E-state index is 12.6. The minimum absolute atomic E-state index is 0.534. The molecule has 0 saturated carbocycles. The molecule has 3 heterocycles. The van der Waals surface area contributed by atoms with E-state index in [1.54, 1.807) is 6.20 Å². The van der Waals surface area contributed by atoms with E-state index < -0.39 is 11.7 Å². The standard InChI is InChI=1S/C13H14F3N3/c14-13(15,16)10-1-2-12-18-11(8-19(12)7-10)5-9-3-4-17-6-9/h1-2,7-9,17H,3-6H2. The summed E-state index contributed by atoms with van der Waals surface area (Å²) in [5.74, 6) is 0.534. The lowest BCUT2D eigenvalue weighted by molar-refractivity contribution is -0.137. The zero-order chi connectivity index (χ0) is 13.5. The van der Waals surface area contributed by atoms with E-state index in [1.165, 1.54) is 10.5 Å². The molecule has 1 saturated heterocycles. The van der Waals surface area contributed by atoms with Gasteiger partial charge in [0.15, 0.2) is 0 Å². The molecule has 0 spiro atoms. The predicted octanol–water partition coefficient (Wildman–Crippen LogP) is 2.51. The molecule has 1 aliphatic heterocycles. The molecular weight excluding hydrogens is 255 g/mol. The van der Waals surface area contributed by atoms with Crippen LogP contribution in [0.25, 0.3) is 5.65 Å². The van der Waals surface area contributed by atoms with Crippen LogP contribution in [-0.2, 0) is 12.6 Å².